The Balaban J connectivity index is 1.70. The smallest absolute Gasteiger partial charge is 0.319 e. The minimum atomic E-state index is -0.817. The Morgan fingerprint density at radius 3 is 2.82 bits per heavy atom. The second-order valence-electron chi connectivity index (χ2n) is 4.95. The van der Waals surface area contributed by atoms with Crippen molar-refractivity contribution in [1.82, 2.24) is 5.32 Å². The van der Waals surface area contributed by atoms with Gasteiger partial charge >= 0.3 is 6.03 Å². The first kappa shape index (κ1) is 14.3. The molecular weight excluding hydrogens is 290 g/mol. The average Bonchev–Trinajstić information content (AvgIpc) is 2.50. The number of urea groups is 1. The number of amides is 2. The minimum Gasteiger partial charge on any atom is -0.493 e. The summed E-state index contributed by atoms with van der Waals surface area (Å²) < 4.78 is 31.9. The van der Waals surface area contributed by atoms with Crippen molar-refractivity contribution in [3.05, 3.63) is 59.7 Å². The first-order valence-corrected chi connectivity index (χ1v) is 6.88. The van der Waals surface area contributed by atoms with E-state index in [2.05, 4.69) is 10.6 Å². The Labute approximate surface area is 126 Å². The summed E-state index contributed by atoms with van der Waals surface area (Å²) >= 11 is 0. The average molecular weight is 304 g/mol. The maximum absolute atomic E-state index is 13.5. The van der Waals surface area contributed by atoms with Crippen molar-refractivity contribution in [2.45, 2.75) is 12.5 Å². The molecule has 0 spiro atoms. The molecule has 0 radical (unpaired) electrons. The molecular formula is C16H14F2N2O2. The van der Waals surface area contributed by atoms with Gasteiger partial charge in [-0.25, -0.2) is 13.6 Å². The summed E-state index contributed by atoms with van der Waals surface area (Å²) in [6.07, 6.45) is 0.621. The molecule has 0 aromatic heterocycles. The number of para-hydroxylation sites is 1. The molecule has 6 heteroatoms. The Morgan fingerprint density at radius 2 is 2.00 bits per heavy atom. The predicted octanol–water partition coefficient (Wildman–Crippen LogP) is 3.61. The van der Waals surface area contributed by atoms with Gasteiger partial charge < -0.3 is 15.4 Å². The molecule has 3 rings (SSSR count). The van der Waals surface area contributed by atoms with Gasteiger partial charge in [-0.3, -0.25) is 0 Å². The van der Waals surface area contributed by atoms with Crippen LogP contribution in [0.5, 0.6) is 5.75 Å². The largest absolute Gasteiger partial charge is 0.493 e. The normalized spacial score (nSPS) is 16.4. The fourth-order valence-corrected chi connectivity index (χ4v) is 2.40. The van der Waals surface area contributed by atoms with Crippen LogP contribution in [0.4, 0.5) is 19.3 Å². The second kappa shape index (κ2) is 6.01. The number of ether oxygens (including phenoxy) is 1. The van der Waals surface area contributed by atoms with Gasteiger partial charge in [0.15, 0.2) is 0 Å². The van der Waals surface area contributed by atoms with Crippen LogP contribution in [0.3, 0.4) is 0 Å². The highest BCUT2D eigenvalue weighted by molar-refractivity contribution is 5.89. The summed E-state index contributed by atoms with van der Waals surface area (Å²) in [6, 6.07) is 9.65. The first-order valence-electron chi connectivity index (χ1n) is 6.88. The van der Waals surface area contributed by atoms with Gasteiger partial charge in [-0.1, -0.05) is 18.2 Å². The number of halogens is 2. The summed E-state index contributed by atoms with van der Waals surface area (Å²) in [5.41, 5.74) is 0.808. The number of hydrogen-bond donors (Lipinski definition) is 2. The fraction of sp³-hybridized carbons (Fsp3) is 0.188. The lowest BCUT2D eigenvalue weighted by Crippen LogP contribution is -2.35. The third-order valence-corrected chi connectivity index (χ3v) is 3.44. The topological polar surface area (TPSA) is 50.4 Å². The van der Waals surface area contributed by atoms with E-state index in [1.165, 1.54) is 6.07 Å². The van der Waals surface area contributed by atoms with E-state index >= 15 is 0 Å². The first-order chi connectivity index (χ1) is 10.6. The molecule has 0 unspecified atom stereocenters. The van der Waals surface area contributed by atoms with Crippen LogP contribution in [0.1, 0.15) is 18.0 Å². The van der Waals surface area contributed by atoms with Crippen LogP contribution >= 0.6 is 0 Å². The maximum atomic E-state index is 13.5. The quantitative estimate of drug-likeness (QED) is 0.890. The van der Waals surface area contributed by atoms with E-state index < -0.39 is 17.7 Å². The van der Waals surface area contributed by atoms with Crippen molar-refractivity contribution in [1.29, 1.82) is 0 Å². The third kappa shape index (κ3) is 3.00. The van der Waals surface area contributed by atoms with Crippen LogP contribution in [0, 0.1) is 11.6 Å². The Morgan fingerprint density at radius 1 is 1.18 bits per heavy atom. The molecule has 2 amide bonds. The van der Waals surface area contributed by atoms with Crippen molar-refractivity contribution in [3.63, 3.8) is 0 Å². The van der Waals surface area contributed by atoms with E-state index in [0.29, 0.717) is 13.0 Å². The van der Waals surface area contributed by atoms with E-state index in [1.54, 1.807) is 0 Å². The number of nitrogens with one attached hydrogen (secondary N) is 2. The number of carbonyl (C=O) groups excluding carboxylic acids is 1. The zero-order valence-electron chi connectivity index (χ0n) is 11.6. The van der Waals surface area contributed by atoms with Crippen LogP contribution < -0.4 is 15.4 Å². The molecule has 1 aliphatic heterocycles. The van der Waals surface area contributed by atoms with Gasteiger partial charge in [-0.15, -0.1) is 0 Å². The molecule has 0 fully saturated rings. The predicted molar refractivity (Wildman–Crippen MR) is 77.8 cm³/mol. The highest BCUT2D eigenvalue weighted by atomic mass is 19.1. The lowest BCUT2D eigenvalue weighted by molar-refractivity contribution is 0.232. The number of anilines is 1. The van der Waals surface area contributed by atoms with Crippen molar-refractivity contribution in [2.24, 2.45) is 0 Å². The van der Waals surface area contributed by atoms with E-state index in [9.17, 15) is 13.6 Å². The molecule has 2 aromatic rings. The van der Waals surface area contributed by atoms with Gasteiger partial charge in [0.2, 0.25) is 0 Å². The zero-order chi connectivity index (χ0) is 15.5. The Hall–Kier alpha value is -2.63. The molecule has 0 saturated carbocycles. The van der Waals surface area contributed by atoms with Crippen molar-refractivity contribution < 1.29 is 18.3 Å². The third-order valence-electron chi connectivity index (χ3n) is 3.44. The summed E-state index contributed by atoms with van der Waals surface area (Å²) in [5.74, 6) is -0.781. The molecule has 1 aliphatic rings. The van der Waals surface area contributed by atoms with E-state index in [0.717, 1.165) is 23.4 Å². The van der Waals surface area contributed by atoms with Gasteiger partial charge in [0.25, 0.3) is 0 Å². The van der Waals surface area contributed by atoms with Gasteiger partial charge in [0.05, 0.1) is 18.3 Å². The number of benzene rings is 2. The lowest BCUT2D eigenvalue weighted by atomic mass is 10.0. The zero-order valence-corrected chi connectivity index (χ0v) is 11.6. The van der Waals surface area contributed by atoms with Crippen molar-refractivity contribution in [3.8, 4) is 5.75 Å². The molecule has 114 valence electrons. The summed E-state index contributed by atoms with van der Waals surface area (Å²) in [7, 11) is 0. The van der Waals surface area contributed by atoms with E-state index in [4.69, 9.17) is 4.74 Å². The number of fused-ring (bicyclic) bond motifs is 1. The number of carbonyl (C=O) groups is 1. The minimum absolute atomic E-state index is 0.0701. The summed E-state index contributed by atoms with van der Waals surface area (Å²) in [6.45, 7) is 0.493. The molecule has 0 aliphatic carbocycles. The standard InChI is InChI=1S/C16H14F2N2O2/c17-10-5-6-14(12(18)9-10)20-16(21)19-13-7-8-22-15-4-2-1-3-11(13)15/h1-6,9,13H,7-8H2,(H2,19,20,21)/t13-/m0/s1. The van der Waals surface area contributed by atoms with Gasteiger partial charge in [-0.05, 0) is 18.2 Å². The Kier molecular flexibility index (Phi) is 3.91. The SMILES string of the molecule is O=C(Nc1ccc(F)cc1F)N[C@H]1CCOc2ccccc21. The fourth-order valence-electron chi connectivity index (χ4n) is 2.40. The van der Waals surface area contributed by atoms with Crippen LogP contribution in [0.15, 0.2) is 42.5 Å². The monoisotopic (exact) mass is 304 g/mol. The second-order valence-corrected chi connectivity index (χ2v) is 4.95. The Bertz CT molecular complexity index is 706. The molecule has 2 N–H and O–H groups in total. The molecule has 22 heavy (non-hydrogen) atoms. The van der Waals surface area contributed by atoms with Gasteiger partial charge in [0, 0.05) is 18.1 Å². The molecule has 4 nitrogen and oxygen atoms in total. The maximum Gasteiger partial charge on any atom is 0.319 e. The summed E-state index contributed by atoms with van der Waals surface area (Å²) in [5, 5.41) is 5.16. The molecule has 0 bridgehead atoms. The lowest BCUT2D eigenvalue weighted by Gasteiger charge is -2.26. The summed E-state index contributed by atoms with van der Waals surface area (Å²) in [4.78, 5) is 12.0. The highest BCUT2D eigenvalue weighted by Gasteiger charge is 2.22. The van der Waals surface area contributed by atoms with Gasteiger partial charge in [0.1, 0.15) is 17.4 Å². The number of hydrogen-bond acceptors (Lipinski definition) is 2. The molecule has 2 aromatic carbocycles. The van der Waals surface area contributed by atoms with E-state index in [-0.39, 0.29) is 11.7 Å². The highest BCUT2D eigenvalue weighted by Crippen LogP contribution is 2.31. The van der Waals surface area contributed by atoms with Crippen LogP contribution in [0.25, 0.3) is 0 Å². The van der Waals surface area contributed by atoms with Crippen LogP contribution in [-0.4, -0.2) is 12.6 Å². The van der Waals surface area contributed by atoms with E-state index in [1.807, 2.05) is 24.3 Å². The van der Waals surface area contributed by atoms with Gasteiger partial charge in [-0.2, -0.15) is 0 Å². The van der Waals surface area contributed by atoms with Crippen molar-refractivity contribution >= 4 is 11.7 Å². The van der Waals surface area contributed by atoms with Crippen LogP contribution in [0.2, 0.25) is 0 Å². The molecule has 1 heterocycles. The number of rotatable bonds is 2. The van der Waals surface area contributed by atoms with Crippen LogP contribution in [-0.2, 0) is 0 Å². The molecule has 1 atom stereocenters. The molecule has 0 saturated heterocycles. The van der Waals surface area contributed by atoms with Crippen molar-refractivity contribution in [2.75, 3.05) is 11.9 Å².